The van der Waals surface area contributed by atoms with Gasteiger partial charge in [0.05, 0.1) is 0 Å². The summed E-state index contributed by atoms with van der Waals surface area (Å²) in [7, 11) is 1.71. The number of hydrogen-bond donors (Lipinski definition) is 1. The predicted octanol–water partition coefficient (Wildman–Crippen LogP) is 3.95. The van der Waals surface area contributed by atoms with Crippen LogP contribution in [0.1, 0.15) is 16.4 Å². The summed E-state index contributed by atoms with van der Waals surface area (Å²) in [5.41, 5.74) is 1.89. The number of amides is 1. The van der Waals surface area contributed by atoms with Crippen LogP contribution in [0, 0.1) is 0 Å². The molecule has 2 aromatic carbocycles. The minimum absolute atomic E-state index is 0.126. The highest BCUT2D eigenvalue weighted by Gasteiger charge is 2.11. The van der Waals surface area contributed by atoms with Gasteiger partial charge in [0.25, 0.3) is 11.8 Å². The number of nitrogens with zero attached hydrogens (tertiary/aromatic N) is 4. The largest absolute Gasteiger partial charge is 0.484 e. The molecule has 2 aromatic heterocycles. The van der Waals surface area contributed by atoms with Crippen molar-refractivity contribution in [3.8, 4) is 17.2 Å². The number of carbonyl (C=O) groups excluding carboxylic acids is 1. The summed E-state index contributed by atoms with van der Waals surface area (Å²) >= 11 is 5.88. The second-order valence-electron chi connectivity index (χ2n) is 6.12. The lowest BCUT2D eigenvalue weighted by molar-refractivity contribution is 0.101. The normalized spacial score (nSPS) is 10.7. The van der Waals surface area contributed by atoms with E-state index in [0.29, 0.717) is 33.9 Å². The Kier molecular flexibility index (Phi) is 5.26. The maximum Gasteiger partial charge on any atom is 0.273 e. The zero-order chi connectivity index (χ0) is 20.2. The first-order valence-electron chi connectivity index (χ1n) is 8.69. The molecular weight excluding hydrogens is 394 g/mol. The number of carbonyl (C=O) groups is 1. The van der Waals surface area contributed by atoms with E-state index >= 15 is 0 Å². The van der Waals surface area contributed by atoms with E-state index in [2.05, 4.69) is 20.6 Å². The molecule has 0 radical (unpaired) electrons. The predicted molar refractivity (Wildman–Crippen MR) is 107 cm³/mol. The van der Waals surface area contributed by atoms with E-state index in [1.54, 1.807) is 67.8 Å². The van der Waals surface area contributed by atoms with Crippen LogP contribution in [0.5, 0.6) is 5.75 Å². The average Bonchev–Trinajstić information content (AvgIpc) is 3.37. The molecule has 4 rings (SSSR count). The summed E-state index contributed by atoms with van der Waals surface area (Å²) < 4.78 is 12.8. The smallest absolute Gasteiger partial charge is 0.273 e. The van der Waals surface area contributed by atoms with Gasteiger partial charge in [-0.3, -0.25) is 9.48 Å². The molecule has 0 fully saturated rings. The number of hydrogen-bond acceptors (Lipinski definition) is 6. The van der Waals surface area contributed by atoms with Gasteiger partial charge in [-0.1, -0.05) is 11.6 Å². The molecule has 2 heterocycles. The van der Waals surface area contributed by atoms with Gasteiger partial charge < -0.3 is 14.5 Å². The van der Waals surface area contributed by atoms with Crippen molar-refractivity contribution in [2.24, 2.45) is 7.05 Å². The van der Waals surface area contributed by atoms with Crippen LogP contribution in [-0.2, 0) is 13.7 Å². The molecule has 1 N–H and O–H groups in total. The fourth-order valence-electron chi connectivity index (χ4n) is 2.59. The molecule has 0 saturated heterocycles. The van der Waals surface area contributed by atoms with Gasteiger partial charge in [0, 0.05) is 29.5 Å². The van der Waals surface area contributed by atoms with Crippen molar-refractivity contribution in [1.82, 2.24) is 20.0 Å². The van der Waals surface area contributed by atoms with Crippen LogP contribution in [0.25, 0.3) is 11.5 Å². The monoisotopic (exact) mass is 409 g/mol. The number of rotatable bonds is 6. The van der Waals surface area contributed by atoms with Crippen LogP contribution in [0.2, 0.25) is 5.02 Å². The van der Waals surface area contributed by atoms with E-state index in [1.807, 2.05) is 0 Å². The second kappa shape index (κ2) is 8.15. The van der Waals surface area contributed by atoms with Crippen molar-refractivity contribution in [1.29, 1.82) is 0 Å². The molecule has 0 bridgehead atoms. The van der Waals surface area contributed by atoms with E-state index in [0.717, 1.165) is 5.56 Å². The third-order valence-corrected chi connectivity index (χ3v) is 4.34. The van der Waals surface area contributed by atoms with E-state index in [-0.39, 0.29) is 12.5 Å². The molecule has 0 aliphatic carbocycles. The molecule has 9 heteroatoms. The SMILES string of the molecule is Cn1nccc1C(=O)Nc1ccc(OCc2nnc(-c3ccc(Cl)cc3)o2)cc1. The molecule has 8 nitrogen and oxygen atoms in total. The molecule has 0 spiro atoms. The summed E-state index contributed by atoms with van der Waals surface area (Å²) in [6.07, 6.45) is 1.57. The minimum atomic E-state index is -0.237. The van der Waals surface area contributed by atoms with Crippen LogP contribution >= 0.6 is 11.6 Å². The first-order chi connectivity index (χ1) is 14.1. The topological polar surface area (TPSA) is 95.1 Å². The van der Waals surface area contributed by atoms with Crippen molar-refractivity contribution >= 4 is 23.2 Å². The quantitative estimate of drug-likeness (QED) is 0.518. The van der Waals surface area contributed by atoms with Gasteiger partial charge in [0.1, 0.15) is 11.4 Å². The Bertz CT molecular complexity index is 1120. The minimum Gasteiger partial charge on any atom is -0.484 e. The number of halogens is 1. The maximum absolute atomic E-state index is 12.2. The lowest BCUT2D eigenvalue weighted by Crippen LogP contribution is -2.15. The van der Waals surface area contributed by atoms with E-state index in [4.69, 9.17) is 20.8 Å². The van der Waals surface area contributed by atoms with Crippen molar-refractivity contribution < 1.29 is 13.9 Å². The highest BCUT2D eigenvalue weighted by Crippen LogP contribution is 2.21. The Morgan fingerprint density at radius 2 is 1.86 bits per heavy atom. The average molecular weight is 410 g/mol. The Morgan fingerprint density at radius 3 is 2.55 bits per heavy atom. The number of aryl methyl sites for hydroxylation is 1. The molecule has 0 saturated carbocycles. The van der Waals surface area contributed by atoms with Gasteiger partial charge >= 0.3 is 0 Å². The molecule has 0 aliphatic rings. The third-order valence-electron chi connectivity index (χ3n) is 4.09. The van der Waals surface area contributed by atoms with E-state index in [9.17, 15) is 4.79 Å². The fourth-order valence-corrected chi connectivity index (χ4v) is 2.72. The summed E-state index contributed by atoms with van der Waals surface area (Å²) in [5, 5.41) is 15.4. The highest BCUT2D eigenvalue weighted by molar-refractivity contribution is 6.30. The first-order valence-corrected chi connectivity index (χ1v) is 9.07. The number of ether oxygens (including phenoxy) is 1. The number of anilines is 1. The highest BCUT2D eigenvalue weighted by atomic mass is 35.5. The van der Waals surface area contributed by atoms with Crippen molar-refractivity contribution in [3.05, 3.63) is 77.4 Å². The van der Waals surface area contributed by atoms with Crippen LogP contribution in [-0.4, -0.2) is 25.9 Å². The molecule has 1 amide bonds. The molecule has 4 aromatic rings. The van der Waals surface area contributed by atoms with Gasteiger partial charge in [0.15, 0.2) is 6.61 Å². The lowest BCUT2D eigenvalue weighted by atomic mass is 10.2. The fraction of sp³-hybridized carbons (Fsp3) is 0.100. The molecule has 29 heavy (non-hydrogen) atoms. The number of nitrogens with one attached hydrogen (secondary N) is 1. The standard InChI is InChI=1S/C20H16ClN5O3/c1-26-17(10-11-22-26)19(27)23-15-6-8-16(9-7-15)28-12-18-24-25-20(29-18)13-2-4-14(21)5-3-13/h2-11H,12H2,1H3,(H,23,27). The maximum atomic E-state index is 12.2. The number of aromatic nitrogens is 4. The van der Waals surface area contributed by atoms with Gasteiger partial charge in [-0.2, -0.15) is 5.10 Å². The first kappa shape index (κ1) is 18.7. The van der Waals surface area contributed by atoms with Gasteiger partial charge in [-0.15, -0.1) is 10.2 Å². The number of benzene rings is 2. The van der Waals surface area contributed by atoms with Gasteiger partial charge in [-0.05, 0) is 54.6 Å². The zero-order valence-corrected chi connectivity index (χ0v) is 16.1. The lowest BCUT2D eigenvalue weighted by Gasteiger charge is -2.07. The molecular formula is C20H16ClN5O3. The molecule has 0 atom stereocenters. The van der Waals surface area contributed by atoms with Gasteiger partial charge in [-0.25, -0.2) is 0 Å². The second-order valence-corrected chi connectivity index (χ2v) is 6.55. The summed E-state index contributed by atoms with van der Waals surface area (Å²) in [4.78, 5) is 12.2. The molecule has 146 valence electrons. The van der Waals surface area contributed by atoms with Crippen molar-refractivity contribution in [2.75, 3.05) is 5.32 Å². The Balaban J connectivity index is 1.34. The van der Waals surface area contributed by atoms with E-state index < -0.39 is 0 Å². The van der Waals surface area contributed by atoms with Crippen molar-refractivity contribution in [3.63, 3.8) is 0 Å². The third kappa shape index (κ3) is 4.44. The zero-order valence-electron chi connectivity index (χ0n) is 15.4. The molecule has 0 aliphatic heterocycles. The Hall–Kier alpha value is -3.65. The van der Waals surface area contributed by atoms with Crippen LogP contribution in [0.4, 0.5) is 5.69 Å². The Morgan fingerprint density at radius 1 is 1.10 bits per heavy atom. The summed E-state index contributed by atoms with van der Waals surface area (Å²) in [6, 6.07) is 15.8. The van der Waals surface area contributed by atoms with Gasteiger partial charge in [0.2, 0.25) is 5.89 Å². The van der Waals surface area contributed by atoms with Crippen LogP contribution in [0.3, 0.4) is 0 Å². The summed E-state index contributed by atoms with van der Waals surface area (Å²) in [6.45, 7) is 0.126. The van der Waals surface area contributed by atoms with Crippen LogP contribution < -0.4 is 10.1 Å². The summed E-state index contributed by atoms with van der Waals surface area (Å²) in [5.74, 6) is 1.12. The van der Waals surface area contributed by atoms with Crippen LogP contribution in [0.15, 0.2) is 65.2 Å². The van der Waals surface area contributed by atoms with E-state index in [1.165, 1.54) is 4.68 Å². The Labute approximate surface area is 171 Å². The molecule has 0 unspecified atom stereocenters. The van der Waals surface area contributed by atoms with Crippen molar-refractivity contribution in [2.45, 2.75) is 6.61 Å².